The van der Waals surface area contributed by atoms with Crippen molar-refractivity contribution >= 4 is 46.2 Å². The monoisotopic (exact) mass is 490 g/mol. The van der Waals surface area contributed by atoms with Crippen LogP contribution in [0, 0.1) is 6.92 Å². The van der Waals surface area contributed by atoms with E-state index in [1.54, 1.807) is 36.1 Å². The summed E-state index contributed by atoms with van der Waals surface area (Å²) in [7, 11) is 0. The third-order valence-corrected chi connectivity index (χ3v) is 5.18. The van der Waals surface area contributed by atoms with Crippen LogP contribution in [0.5, 0.6) is 0 Å². The number of hydrogen-bond donors (Lipinski definition) is 2. The summed E-state index contributed by atoms with van der Waals surface area (Å²) in [6.07, 6.45) is -0.479. The molecule has 0 aliphatic heterocycles. The Morgan fingerprint density at radius 3 is 2.68 bits per heavy atom. The fourth-order valence-corrected chi connectivity index (χ4v) is 3.51. The highest BCUT2D eigenvalue weighted by molar-refractivity contribution is 7.80. The molecule has 0 aliphatic carbocycles. The highest BCUT2D eigenvalue weighted by Gasteiger charge is 2.34. The van der Waals surface area contributed by atoms with E-state index in [9.17, 15) is 13.2 Å². The summed E-state index contributed by atoms with van der Waals surface area (Å²) in [4.78, 5) is 0. The van der Waals surface area contributed by atoms with Gasteiger partial charge in [-0.05, 0) is 49.3 Å². The Kier molecular flexibility index (Phi) is 7.45. The second-order valence-electron chi connectivity index (χ2n) is 6.79. The van der Waals surface area contributed by atoms with Gasteiger partial charge in [-0.25, -0.2) is 0 Å². The lowest BCUT2D eigenvalue weighted by molar-refractivity contribution is -0.141. The van der Waals surface area contributed by atoms with E-state index in [-0.39, 0.29) is 0 Å². The van der Waals surface area contributed by atoms with Crippen molar-refractivity contribution < 1.29 is 13.2 Å². The van der Waals surface area contributed by atoms with Crippen LogP contribution in [0.2, 0.25) is 10.0 Å². The van der Waals surface area contributed by atoms with E-state index < -0.39 is 11.9 Å². The Bertz CT molecular complexity index is 1060. The van der Waals surface area contributed by atoms with Crippen LogP contribution < -0.4 is 10.6 Å². The number of hydrogen-bond acceptors (Lipinski definition) is 3. The van der Waals surface area contributed by atoms with Gasteiger partial charge in [0, 0.05) is 35.0 Å². The maximum Gasteiger partial charge on any atom is 0.435 e. The number of alkyl halides is 3. The molecule has 2 heterocycles. The van der Waals surface area contributed by atoms with Crippen LogP contribution in [0.15, 0.2) is 36.7 Å². The number of aryl methyl sites for hydroxylation is 2. The molecule has 0 saturated heterocycles. The third kappa shape index (κ3) is 6.59. The van der Waals surface area contributed by atoms with E-state index >= 15 is 0 Å². The smallest absolute Gasteiger partial charge is 0.362 e. The number of rotatable bonds is 7. The first-order valence-electron chi connectivity index (χ1n) is 9.24. The van der Waals surface area contributed by atoms with Crippen LogP contribution in [0.4, 0.5) is 18.9 Å². The lowest BCUT2D eigenvalue weighted by atomic mass is 10.2. The van der Waals surface area contributed by atoms with Crippen molar-refractivity contribution in [1.29, 1.82) is 0 Å². The molecule has 2 N–H and O–H groups in total. The first kappa shape index (κ1) is 23.4. The first-order valence-corrected chi connectivity index (χ1v) is 10.4. The highest BCUT2D eigenvalue weighted by Crippen LogP contribution is 2.28. The lowest BCUT2D eigenvalue weighted by Gasteiger charge is -2.09. The van der Waals surface area contributed by atoms with Crippen molar-refractivity contribution in [3.63, 3.8) is 0 Å². The van der Waals surface area contributed by atoms with Gasteiger partial charge in [-0.1, -0.05) is 29.3 Å². The molecular formula is C19H19Cl2F3N6S. The summed E-state index contributed by atoms with van der Waals surface area (Å²) in [5.41, 5.74) is 1.15. The van der Waals surface area contributed by atoms with Crippen LogP contribution in [0.25, 0.3) is 0 Å². The first-order chi connectivity index (χ1) is 14.6. The van der Waals surface area contributed by atoms with Gasteiger partial charge in [0.1, 0.15) is 0 Å². The molecule has 0 aliphatic rings. The molecule has 0 atom stereocenters. The van der Waals surface area contributed by atoms with Gasteiger partial charge in [0.2, 0.25) is 0 Å². The SMILES string of the molecule is Cc1cc(C(F)(F)F)nn1CCCNC(=S)Nc1cnn(Cc2ccc(Cl)cc2Cl)c1. The molecule has 0 radical (unpaired) electrons. The van der Waals surface area contributed by atoms with Crippen molar-refractivity contribution in [1.82, 2.24) is 24.9 Å². The number of nitrogens with zero attached hydrogens (tertiary/aromatic N) is 4. The average molecular weight is 491 g/mol. The van der Waals surface area contributed by atoms with Crippen LogP contribution in [0.3, 0.4) is 0 Å². The maximum atomic E-state index is 12.7. The van der Waals surface area contributed by atoms with Crippen LogP contribution >= 0.6 is 35.4 Å². The zero-order valence-electron chi connectivity index (χ0n) is 16.4. The number of aromatic nitrogens is 4. The summed E-state index contributed by atoms with van der Waals surface area (Å²) in [5, 5.41) is 15.4. The Hall–Kier alpha value is -2.30. The summed E-state index contributed by atoms with van der Waals surface area (Å²) in [5.74, 6) is 0. The Morgan fingerprint density at radius 1 is 1.23 bits per heavy atom. The minimum atomic E-state index is -4.44. The second kappa shape index (κ2) is 9.88. The Morgan fingerprint density at radius 2 is 2.00 bits per heavy atom. The van der Waals surface area contributed by atoms with Gasteiger partial charge < -0.3 is 10.6 Å². The van der Waals surface area contributed by atoms with Crippen LogP contribution in [0.1, 0.15) is 23.4 Å². The number of nitrogens with one attached hydrogen (secondary N) is 2. The fourth-order valence-electron chi connectivity index (χ4n) is 2.82. The number of halogens is 5. The van der Waals surface area contributed by atoms with E-state index in [2.05, 4.69) is 20.8 Å². The lowest BCUT2D eigenvalue weighted by Crippen LogP contribution is -2.29. The van der Waals surface area contributed by atoms with Crippen molar-refractivity contribution in [2.24, 2.45) is 0 Å². The quantitative estimate of drug-likeness (QED) is 0.354. The van der Waals surface area contributed by atoms with Crippen molar-refractivity contribution in [2.75, 3.05) is 11.9 Å². The van der Waals surface area contributed by atoms with Gasteiger partial charge in [0.25, 0.3) is 0 Å². The van der Waals surface area contributed by atoms with Crippen molar-refractivity contribution in [3.8, 4) is 0 Å². The van der Waals surface area contributed by atoms with E-state index in [1.807, 2.05) is 6.07 Å². The number of anilines is 1. The zero-order chi connectivity index (χ0) is 22.6. The minimum absolute atomic E-state index is 0.345. The van der Waals surface area contributed by atoms with Gasteiger partial charge in [-0.3, -0.25) is 9.36 Å². The Labute approximate surface area is 192 Å². The predicted molar refractivity (Wildman–Crippen MR) is 119 cm³/mol. The fraction of sp³-hybridized carbons (Fsp3) is 0.316. The standard InChI is InChI=1S/C19H19Cl2F3N6S/c1-12-7-17(19(22,23)24)28-30(12)6-2-5-25-18(31)27-15-9-26-29(11-15)10-13-3-4-14(20)8-16(13)21/h3-4,7-9,11H,2,5-6,10H2,1H3,(H2,25,27,31). The molecule has 0 fully saturated rings. The molecule has 3 aromatic rings. The molecule has 166 valence electrons. The van der Waals surface area contributed by atoms with E-state index in [0.29, 0.717) is 52.6 Å². The van der Waals surface area contributed by atoms with Crippen molar-refractivity contribution in [3.05, 3.63) is 63.7 Å². The van der Waals surface area contributed by atoms with Gasteiger partial charge >= 0.3 is 6.18 Å². The number of thiocarbonyl (C=S) groups is 1. The zero-order valence-corrected chi connectivity index (χ0v) is 18.7. The number of benzene rings is 1. The van der Waals surface area contributed by atoms with Crippen LogP contribution in [-0.4, -0.2) is 31.2 Å². The molecule has 0 spiro atoms. The maximum absolute atomic E-state index is 12.7. The topological polar surface area (TPSA) is 59.7 Å². The van der Waals surface area contributed by atoms with E-state index in [0.717, 1.165) is 11.6 Å². The largest absolute Gasteiger partial charge is 0.435 e. The normalized spacial score (nSPS) is 11.5. The van der Waals surface area contributed by atoms with Gasteiger partial charge in [0.05, 0.1) is 18.4 Å². The van der Waals surface area contributed by atoms with Crippen molar-refractivity contribution in [2.45, 2.75) is 32.6 Å². The van der Waals surface area contributed by atoms with E-state index in [1.165, 1.54) is 4.68 Å². The molecule has 2 aromatic heterocycles. The highest BCUT2D eigenvalue weighted by atomic mass is 35.5. The predicted octanol–water partition coefficient (Wildman–Crippen LogP) is 5.14. The molecule has 0 amide bonds. The molecule has 0 bridgehead atoms. The van der Waals surface area contributed by atoms with Gasteiger partial charge in [-0.2, -0.15) is 23.4 Å². The average Bonchev–Trinajstić information content (AvgIpc) is 3.27. The summed E-state index contributed by atoms with van der Waals surface area (Å²) in [6.45, 7) is 2.88. The molecule has 12 heteroatoms. The second-order valence-corrected chi connectivity index (χ2v) is 8.04. The molecule has 0 saturated carbocycles. The molecule has 0 unspecified atom stereocenters. The van der Waals surface area contributed by atoms with E-state index in [4.69, 9.17) is 35.4 Å². The molecule has 1 aromatic carbocycles. The summed E-state index contributed by atoms with van der Waals surface area (Å²) >= 11 is 17.3. The van der Waals surface area contributed by atoms with Gasteiger partial charge in [0.15, 0.2) is 10.8 Å². The molecular weight excluding hydrogens is 472 g/mol. The summed E-state index contributed by atoms with van der Waals surface area (Å²) in [6, 6.07) is 6.31. The third-order valence-electron chi connectivity index (χ3n) is 4.34. The van der Waals surface area contributed by atoms with Crippen LogP contribution in [-0.2, 0) is 19.3 Å². The molecule has 31 heavy (non-hydrogen) atoms. The Balaban J connectivity index is 1.44. The molecule has 3 rings (SSSR count). The molecule has 6 nitrogen and oxygen atoms in total. The summed E-state index contributed by atoms with van der Waals surface area (Å²) < 4.78 is 41.2. The van der Waals surface area contributed by atoms with Gasteiger partial charge in [-0.15, -0.1) is 0 Å². The minimum Gasteiger partial charge on any atom is -0.362 e.